The number of carbonyl (C=O) groups is 2. The topological polar surface area (TPSA) is 78.9 Å². The van der Waals surface area contributed by atoms with Gasteiger partial charge >= 0.3 is 0 Å². The van der Waals surface area contributed by atoms with Crippen LogP contribution in [0.5, 0.6) is 5.75 Å². The molecule has 1 aliphatic rings. The first kappa shape index (κ1) is 23.5. The molecule has 1 aliphatic heterocycles. The normalized spacial score (nSPS) is 14.3. The van der Waals surface area contributed by atoms with Crippen LogP contribution in [0.25, 0.3) is 11.3 Å². The first-order chi connectivity index (χ1) is 15.4. The number of likely N-dealkylation sites (N-methyl/N-ethyl adjacent to an activating group) is 1. The van der Waals surface area contributed by atoms with E-state index in [1.165, 1.54) is 0 Å². The van der Waals surface area contributed by atoms with Crippen LogP contribution in [-0.2, 0) is 9.59 Å². The summed E-state index contributed by atoms with van der Waals surface area (Å²) in [5.74, 6) is 1.52. The van der Waals surface area contributed by atoms with Crippen LogP contribution in [0.2, 0.25) is 0 Å². The van der Waals surface area contributed by atoms with Gasteiger partial charge in [0.15, 0.2) is 5.82 Å². The standard InChI is InChI=1S/C24H33N5O3/c1-5-27(24(31)18(2)3)17-23(30)29-14-6-13-28(15-16-29)22-12-11-21(25-26-22)19-7-9-20(32-4)10-8-19/h7-12,18H,5-6,13-17H2,1-4H3. The average Bonchev–Trinajstić information content (AvgIpc) is 3.08. The van der Waals surface area contributed by atoms with E-state index >= 15 is 0 Å². The fraction of sp³-hybridized carbons (Fsp3) is 0.500. The lowest BCUT2D eigenvalue weighted by Gasteiger charge is -2.27. The third-order valence-corrected chi connectivity index (χ3v) is 5.72. The SMILES string of the molecule is CCN(CC(=O)N1CCCN(c2ccc(-c3ccc(OC)cc3)nn2)CC1)C(=O)C(C)C. The first-order valence-corrected chi connectivity index (χ1v) is 11.2. The summed E-state index contributed by atoms with van der Waals surface area (Å²) in [7, 11) is 1.64. The predicted octanol–water partition coefficient (Wildman–Crippen LogP) is 2.70. The molecule has 0 unspecified atom stereocenters. The maximum Gasteiger partial charge on any atom is 0.242 e. The zero-order chi connectivity index (χ0) is 23.1. The van der Waals surface area contributed by atoms with Crippen LogP contribution in [0, 0.1) is 5.92 Å². The minimum absolute atomic E-state index is 0.00337. The second-order valence-corrected chi connectivity index (χ2v) is 8.23. The number of anilines is 1. The van der Waals surface area contributed by atoms with Crippen LogP contribution in [0.4, 0.5) is 5.82 Å². The molecular formula is C24H33N5O3. The van der Waals surface area contributed by atoms with Crippen molar-refractivity contribution in [2.24, 2.45) is 5.92 Å². The molecule has 1 aromatic heterocycles. The third kappa shape index (κ3) is 5.75. The highest BCUT2D eigenvalue weighted by Crippen LogP contribution is 2.22. The van der Waals surface area contributed by atoms with Gasteiger partial charge in [-0.15, -0.1) is 10.2 Å². The molecule has 0 spiro atoms. The number of rotatable bonds is 7. The molecule has 1 fully saturated rings. The van der Waals surface area contributed by atoms with Crippen molar-refractivity contribution in [1.29, 1.82) is 0 Å². The summed E-state index contributed by atoms with van der Waals surface area (Å²) in [6, 6.07) is 11.7. The highest BCUT2D eigenvalue weighted by molar-refractivity contribution is 5.85. The molecule has 2 heterocycles. The van der Waals surface area contributed by atoms with E-state index in [9.17, 15) is 9.59 Å². The van der Waals surface area contributed by atoms with E-state index in [0.29, 0.717) is 26.2 Å². The van der Waals surface area contributed by atoms with Gasteiger partial charge in [-0.2, -0.15) is 0 Å². The number of amides is 2. The Kier molecular flexibility index (Phi) is 8.03. The van der Waals surface area contributed by atoms with E-state index < -0.39 is 0 Å². The molecule has 2 aromatic rings. The lowest BCUT2D eigenvalue weighted by molar-refractivity contribution is -0.142. The number of aromatic nitrogens is 2. The molecule has 0 radical (unpaired) electrons. The van der Waals surface area contributed by atoms with Crippen LogP contribution in [0.15, 0.2) is 36.4 Å². The Morgan fingerprint density at radius 1 is 1.03 bits per heavy atom. The Morgan fingerprint density at radius 2 is 1.78 bits per heavy atom. The van der Waals surface area contributed by atoms with E-state index in [1.54, 1.807) is 12.0 Å². The van der Waals surface area contributed by atoms with Crippen LogP contribution in [-0.4, -0.2) is 78.2 Å². The Labute approximate surface area is 190 Å². The highest BCUT2D eigenvalue weighted by Gasteiger charge is 2.24. The van der Waals surface area contributed by atoms with Crippen molar-refractivity contribution in [1.82, 2.24) is 20.0 Å². The van der Waals surface area contributed by atoms with E-state index in [4.69, 9.17) is 4.74 Å². The molecule has 3 rings (SSSR count). The van der Waals surface area contributed by atoms with Crippen molar-refractivity contribution in [2.45, 2.75) is 27.2 Å². The Bertz CT molecular complexity index is 899. The molecule has 1 saturated heterocycles. The Morgan fingerprint density at radius 3 is 2.38 bits per heavy atom. The van der Waals surface area contributed by atoms with Crippen LogP contribution >= 0.6 is 0 Å². The molecule has 1 aromatic carbocycles. The quantitative estimate of drug-likeness (QED) is 0.660. The molecule has 172 valence electrons. The van der Waals surface area contributed by atoms with Crippen molar-refractivity contribution < 1.29 is 14.3 Å². The smallest absolute Gasteiger partial charge is 0.242 e. The summed E-state index contributed by atoms with van der Waals surface area (Å²) in [5, 5.41) is 8.82. The summed E-state index contributed by atoms with van der Waals surface area (Å²) in [6.07, 6.45) is 0.845. The molecule has 0 atom stereocenters. The maximum atomic E-state index is 12.8. The van der Waals surface area contributed by atoms with Gasteiger partial charge in [-0.1, -0.05) is 13.8 Å². The minimum Gasteiger partial charge on any atom is -0.497 e. The largest absolute Gasteiger partial charge is 0.497 e. The summed E-state index contributed by atoms with van der Waals surface area (Å²) >= 11 is 0. The number of methoxy groups -OCH3 is 1. The molecule has 8 heteroatoms. The first-order valence-electron chi connectivity index (χ1n) is 11.2. The highest BCUT2D eigenvalue weighted by atomic mass is 16.5. The average molecular weight is 440 g/mol. The van der Waals surface area contributed by atoms with Crippen molar-refractivity contribution >= 4 is 17.6 Å². The number of hydrogen-bond acceptors (Lipinski definition) is 6. The lowest BCUT2D eigenvalue weighted by Crippen LogP contribution is -2.45. The monoisotopic (exact) mass is 439 g/mol. The van der Waals surface area contributed by atoms with Crippen molar-refractivity contribution in [3.8, 4) is 17.0 Å². The number of carbonyl (C=O) groups excluding carboxylic acids is 2. The van der Waals surface area contributed by atoms with Gasteiger partial charge in [-0.05, 0) is 49.7 Å². The minimum atomic E-state index is -0.109. The van der Waals surface area contributed by atoms with Crippen molar-refractivity contribution in [3.63, 3.8) is 0 Å². The zero-order valence-electron chi connectivity index (χ0n) is 19.5. The van der Waals surface area contributed by atoms with E-state index in [0.717, 1.165) is 35.8 Å². The summed E-state index contributed by atoms with van der Waals surface area (Å²) in [5.41, 5.74) is 1.78. The molecule has 32 heavy (non-hydrogen) atoms. The van der Waals surface area contributed by atoms with Crippen molar-refractivity contribution in [3.05, 3.63) is 36.4 Å². The molecule has 0 bridgehead atoms. The molecule has 0 aliphatic carbocycles. The van der Waals surface area contributed by atoms with Gasteiger partial charge in [-0.25, -0.2) is 0 Å². The van der Waals surface area contributed by atoms with Crippen LogP contribution in [0.1, 0.15) is 27.2 Å². The molecular weight excluding hydrogens is 406 g/mol. The van der Waals surface area contributed by atoms with E-state index in [-0.39, 0.29) is 24.3 Å². The van der Waals surface area contributed by atoms with Gasteiger partial charge in [0.1, 0.15) is 5.75 Å². The second-order valence-electron chi connectivity index (χ2n) is 8.23. The Balaban J connectivity index is 1.59. The number of hydrogen-bond donors (Lipinski definition) is 0. The molecule has 0 N–H and O–H groups in total. The fourth-order valence-electron chi connectivity index (χ4n) is 3.78. The van der Waals surface area contributed by atoms with Gasteiger partial charge in [-0.3, -0.25) is 9.59 Å². The zero-order valence-corrected chi connectivity index (χ0v) is 19.5. The lowest BCUT2D eigenvalue weighted by atomic mass is 10.1. The third-order valence-electron chi connectivity index (χ3n) is 5.72. The predicted molar refractivity (Wildman–Crippen MR) is 125 cm³/mol. The molecule has 2 amide bonds. The fourth-order valence-corrected chi connectivity index (χ4v) is 3.78. The van der Waals surface area contributed by atoms with Gasteiger partial charge in [0, 0.05) is 44.2 Å². The van der Waals surface area contributed by atoms with Gasteiger partial charge in [0.25, 0.3) is 0 Å². The molecule has 0 saturated carbocycles. The van der Waals surface area contributed by atoms with E-state index in [1.807, 2.05) is 62.1 Å². The van der Waals surface area contributed by atoms with Gasteiger partial charge in [0.2, 0.25) is 11.8 Å². The Hall–Kier alpha value is -3.16. The maximum absolute atomic E-state index is 12.8. The number of nitrogens with zero attached hydrogens (tertiary/aromatic N) is 5. The number of benzene rings is 1. The van der Waals surface area contributed by atoms with Gasteiger partial charge in [0.05, 0.1) is 19.3 Å². The van der Waals surface area contributed by atoms with Crippen LogP contribution < -0.4 is 9.64 Å². The molecule has 8 nitrogen and oxygen atoms in total. The summed E-state index contributed by atoms with van der Waals surface area (Å²) in [6.45, 7) is 9.10. The summed E-state index contributed by atoms with van der Waals surface area (Å²) < 4.78 is 5.20. The summed E-state index contributed by atoms with van der Waals surface area (Å²) in [4.78, 5) is 30.8. The second kappa shape index (κ2) is 10.9. The van der Waals surface area contributed by atoms with E-state index in [2.05, 4.69) is 15.1 Å². The van der Waals surface area contributed by atoms with Gasteiger partial charge < -0.3 is 19.4 Å². The number of ether oxygens (including phenoxy) is 1. The van der Waals surface area contributed by atoms with Crippen molar-refractivity contribution in [2.75, 3.05) is 51.3 Å². The van der Waals surface area contributed by atoms with Crippen LogP contribution in [0.3, 0.4) is 0 Å².